The molecule has 2 aromatic carbocycles. The molecule has 0 bridgehead atoms. The van der Waals surface area contributed by atoms with E-state index in [1.807, 2.05) is 4.90 Å². The number of carbonyl (C=O) groups is 1. The molecule has 2 fully saturated rings. The van der Waals surface area contributed by atoms with Gasteiger partial charge in [0.1, 0.15) is 29.0 Å². The van der Waals surface area contributed by atoms with Crippen LogP contribution in [0.5, 0.6) is 0 Å². The summed E-state index contributed by atoms with van der Waals surface area (Å²) in [5, 5.41) is 7.06. The first-order chi connectivity index (χ1) is 19.4. The van der Waals surface area contributed by atoms with Crippen LogP contribution in [-0.2, 0) is 6.54 Å². The maximum absolute atomic E-state index is 14.9. The van der Waals surface area contributed by atoms with Crippen molar-refractivity contribution in [2.24, 2.45) is 0 Å². The molecule has 208 valence electrons. The number of likely N-dealkylation sites (N-methyl/N-ethyl adjacent to an activating group) is 1. The number of carbonyl (C=O) groups excluding carboxylic acids is 1. The first-order valence-electron chi connectivity index (χ1n) is 13.4. The van der Waals surface area contributed by atoms with Crippen LogP contribution in [-0.4, -0.2) is 70.1 Å². The van der Waals surface area contributed by atoms with Crippen molar-refractivity contribution in [1.29, 1.82) is 0 Å². The predicted octanol–water partition coefficient (Wildman–Crippen LogP) is 4.49. The van der Waals surface area contributed by atoms with Gasteiger partial charge in [-0.05, 0) is 56.3 Å². The van der Waals surface area contributed by atoms with Gasteiger partial charge in [-0.3, -0.25) is 9.69 Å². The Hall–Kier alpha value is -3.96. The predicted molar refractivity (Wildman–Crippen MR) is 146 cm³/mol. The highest BCUT2D eigenvalue weighted by Gasteiger charge is 2.30. The number of hydrogen-bond acceptors (Lipinski definition) is 6. The largest absolute Gasteiger partial charge is 0.349 e. The molecule has 1 amide bonds. The van der Waals surface area contributed by atoms with E-state index in [2.05, 4.69) is 27.3 Å². The lowest BCUT2D eigenvalue weighted by Gasteiger charge is -2.32. The zero-order chi connectivity index (χ0) is 27.8. The van der Waals surface area contributed by atoms with Crippen molar-refractivity contribution in [3.05, 3.63) is 89.0 Å². The summed E-state index contributed by atoms with van der Waals surface area (Å²) in [5.41, 5.74) is 1.79. The lowest BCUT2D eigenvalue weighted by Crippen LogP contribution is -2.44. The van der Waals surface area contributed by atoms with Crippen molar-refractivity contribution in [3.63, 3.8) is 0 Å². The molecule has 6 rings (SSSR count). The summed E-state index contributed by atoms with van der Waals surface area (Å²) in [6.45, 7) is 4.75. The number of hydrogen-bond donors (Lipinski definition) is 1. The Kier molecular flexibility index (Phi) is 7.16. The third-order valence-electron chi connectivity index (χ3n) is 7.77. The minimum absolute atomic E-state index is 0.191. The Balaban J connectivity index is 1.20. The molecule has 0 saturated carbocycles. The Labute approximate surface area is 230 Å². The SMILES string of the molecule is CN1CCN(Cc2ccc(C(=O)Nc3cnn4ccc(N5CCC[C@@H]5c5cc(F)ccc5F)nc34)cc2F)CC1. The fourth-order valence-corrected chi connectivity index (χ4v) is 5.50. The van der Waals surface area contributed by atoms with Crippen LogP contribution in [0.4, 0.5) is 24.7 Å². The van der Waals surface area contributed by atoms with Crippen molar-refractivity contribution < 1.29 is 18.0 Å². The Morgan fingerprint density at radius 3 is 2.62 bits per heavy atom. The van der Waals surface area contributed by atoms with Crippen LogP contribution in [0.1, 0.15) is 40.4 Å². The highest BCUT2D eigenvalue weighted by molar-refractivity contribution is 6.06. The average molecular weight is 550 g/mol. The number of amides is 1. The monoisotopic (exact) mass is 549 g/mol. The fraction of sp³-hybridized carbons (Fsp3) is 0.345. The molecule has 0 unspecified atom stereocenters. The molecule has 0 spiro atoms. The van der Waals surface area contributed by atoms with E-state index < -0.39 is 23.4 Å². The summed E-state index contributed by atoms with van der Waals surface area (Å²) >= 11 is 0. The van der Waals surface area contributed by atoms with Gasteiger partial charge in [-0.25, -0.2) is 22.7 Å². The van der Waals surface area contributed by atoms with Crippen LogP contribution < -0.4 is 10.2 Å². The molecule has 40 heavy (non-hydrogen) atoms. The second-order valence-electron chi connectivity index (χ2n) is 10.5. The second kappa shape index (κ2) is 10.9. The van der Waals surface area contributed by atoms with Crippen LogP contribution in [0.25, 0.3) is 5.65 Å². The summed E-state index contributed by atoms with van der Waals surface area (Å²) in [4.78, 5) is 24.1. The van der Waals surface area contributed by atoms with Crippen LogP contribution in [0, 0.1) is 17.5 Å². The van der Waals surface area contributed by atoms with Gasteiger partial charge in [-0.15, -0.1) is 0 Å². The van der Waals surface area contributed by atoms with E-state index in [1.165, 1.54) is 22.8 Å². The van der Waals surface area contributed by atoms with E-state index in [1.54, 1.807) is 24.4 Å². The number of fused-ring (bicyclic) bond motifs is 1. The van der Waals surface area contributed by atoms with Gasteiger partial charge in [0, 0.05) is 62.2 Å². The van der Waals surface area contributed by atoms with E-state index in [-0.39, 0.29) is 11.6 Å². The van der Waals surface area contributed by atoms with Gasteiger partial charge < -0.3 is 15.1 Å². The number of piperazine rings is 1. The number of anilines is 2. The van der Waals surface area contributed by atoms with Gasteiger partial charge in [0.25, 0.3) is 5.91 Å². The highest BCUT2D eigenvalue weighted by Crippen LogP contribution is 2.37. The fourth-order valence-electron chi connectivity index (χ4n) is 5.50. The summed E-state index contributed by atoms with van der Waals surface area (Å²) < 4.78 is 44.9. The summed E-state index contributed by atoms with van der Waals surface area (Å²) in [6, 6.07) is 9.42. The van der Waals surface area contributed by atoms with Gasteiger partial charge in [-0.2, -0.15) is 5.10 Å². The molecule has 11 heteroatoms. The minimum atomic E-state index is -0.490. The van der Waals surface area contributed by atoms with Gasteiger partial charge in [0.2, 0.25) is 0 Å². The van der Waals surface area contributed by atoms with Gasteiger partial charge in [0.15, 0.2) is 5.65 Å². The van der Waals surface area contributed by atoms with Crippen LogP contribution in [0.2, 0.25) is 0 Å². The van der Waals surface area contributed by atoms with Crippen molar-refractivity contribution in [2.75, 3.05) is 50.0 Å². The molecule has 0 aliphatic carbocycles. The van der Waals surface area contributed by atoms with E-state index in [9.17, 15) is 18.0 Å². The number of rotatable bonds is 6. The van der Waals surface area contributed by atoms with Crippen molar-refractivity contribution >= 4 is 23.1 Å². The maximum atomic E-state index is 14.9. The van der Waals surface area contributed by atoms with E-state index in [0.717, 1.165) is 44.7 Å². The third-order valence-corrected chi connectivity index (χ3v) is 7.77. The van der Waals surface area contributed by atoms with Crippen LogP contribution in [0.3, 0.4) is 0 Å². The first-order valence-corrected chi connectivity index (χ1v) is 13.4. The average Bonchev–Trinajstić information content (AvgIpc) is 3.59. The lowest BCUT2D eigenvalue weighted by atomic mass is 10.0. The molecule has 2 saturated heterocycles. The topological polar surface area (TPSA) is 69.0 Å². The zero-order valence-electron chi connectivity index (χ0n) is 22.2. The van der Waals surface area contributed by atoms with Gasteiger partial charge in [-0.1, -0.05) is 6.07 Å². The molecular formula is C29H30F3N7O. The molecule has 0 radical (unpaired) electrons. The standard InChI is InChI=1S/C29H30F3N7O/c1-36-11-13-37(14-12-36)18-20-5-4-19(15-24(20)32)29(40)34-25-17-33-39-10-8-27(35-28(25)39)38-9-2-3-26(38)22-16-21(30)6-7-23(22)31/h4-8,10,15-17,26H,2-3,9,11-14,18H2,1H3,(H,34,40)/t26-/m1/s1. The summed E-state index contributed by atoms with van der Waals surface area (Å²) in [6.07, 6.45) is 4.65. The van der Waals surface area contributed by atoms with Crippen LogP contribution in [0.15, 0.2) is 54.9 Å². The van der Waals surface area contributed by atoms with Crippen molar-refractivity contribution in [2.45, 2.75) is 25.4 Å². The summed E-state index contributed by atoms with van der Waals surface area (Å²) in [7, 11) is 2.07. The smallest absolute Gasteiger partial charge is 0.255 e. The number of nitrogens with zero attached hydrogens (tertiary/aromatic N) is 6. The molecule has 2 aromatic heterocycles. The lowest BCUT2D eigenvalue weighted by molar-refractivity contribution is 0.102. The van der Waals surface area contributed by atoms with Gasteiger partial charge >= 0.3 is 0 Å². The molecule has 4 heterocycles. The number of nitrogens with one attached hydrogen (secondary N) is 1. The van der Waals surface area contributed by atoms with E-state index >= 15 is 0 Å². The number of benzene rings is 2. The second-order valence-corrected chi connectivity index (χ2v) is 10.5. The molecular weight excluding hydrogens is 519 g/mol. The third kappa shape index (κ3) is 5.26. The van der Waals surface area contributed by atoms with Crippen LogP contribution >= 0.6 is 0 Å². The number of aromatic nitrogens is 3. The first kappa shape index (κ1) is 26.3. The van der Waals surface area contributed by atoms with Crippen molar-refractivity contribution in [3.8, 4) is 0 Å². The van der Waals surface area contributed by atoms with E-state index in [0.29, 0.717) is 47.8 Å². The summed E-state index contributed by atoms with van der Waals surface area (Å²) in [5.74, 6) is -1.28. The molecule has 4 aromatic rings. The zero-order valence-corrected chi connectivity index (χ0v) is 22.2. The molecule has 2 aliphatic rings. The van der Waals surface area contributed by atoms with E-state index in [4.69, 9.17) is 4.98 Å². The Bertz CT molecular complexity index is 1550. The quantitative estimate of drug-likeness (QED) is 0.383. The van der Waals surface area contributed by atoms with Crippen molar-refractivity contribution in [1.82, 2.24) is 24.4 Å². The molecule has 1 N–H and O–H groups in total. The molecule has 1 atom stereocenters. The highest BCUT2D eigenvalue weighted by atomic mass is 19.1. The molecule has 2 aliphatic heterocycles. The van der Waals surface area contributed by atoms with Gasteiger partial charge in [0.05, 0.1) is 12.2 Å². The maximum Gasteiger partial charge on any atom is 0.255 e. The Morgan fingerprint density at radius 1 is 1.00 bits per heavy atom. The Morgan fingerprint density at radius 2 is 1.82 bits per heavy atom. The minimum Gasteiger partial charge on any atom is -0.349 e. The number of halogens is 3. The normalized spacial score (nSPS) is 18.5. The molecule has 8 nitrogen and oxygen atoms in total.